The van der Waals surface area contributed by atoms with Crippen LogP contribution in [-0.2, 0) is 23.9 Å². The van der Waals surface area contributed by atoms with Gasteiger partial charge in [0.05, 0.1) is 24.1 Å². The number of carboxylic acids is 1. The molecule has 50 heavy (non-hydrogen) atoms. The third-order valence-corrected chi connectivity index (χ3v) is 8.06. The molecule has 282 valence electrons. The van der Waals surface area contributed by atoms with Gasteiger partial charge >= 0.3 is 12.1 Å². The van der Waals surface area contributed by atoms with E-state index in [1.54, 1.807) is 48.5 Å². The number of thioether (sulfide) groups is 1. The number of amides is 5. The van der Waals surface area contributed by atoms with Crippen LogP contribution in [0.5, 0.6) is 0 Å². The van der Waals surface area contributed by atoms with E-state index < -0.39 is 78.0 Å². The standard InChI is InChI=1S/C35H57N5O9S/c1-19(2)16-25(26(41)18-27(42)39-28(20(3)4)31(44)36-23-13-11-12-22(17-23)33(46)47)38-30(43)24(14-15-50-10)37-32(45)29(21(5)6)40-34(48)49-35(7,8)9/h11-13,17,19-21,24-26,28-29,41H,14-16,18H2,1-10H3,(H,36,44)(H,37,45)(H,38,43)(H,39,42)(H,40,48)(H,46,47). The predicted octanol–water partition coefficient (Wildman–Crippen LogP) is 3.53. The van der Waals surface area contributed by atoms with Crippen LogP contribution in [0.25, 0.3) is 0 Å². The number of aliphatic hydroxyl groups is 1. The Kier molecular flexibility index (Phi) is 18.3. The minimum atomic E-state index is -1.33. The quantitative estimate of drug-likeness (QED) is 0.110. The Morgan fingerprint density at radius 1 is 0.840 bits per heavy atom. The van der Waals surface area contributed by atoms with Gasteiger partial charge in [-0.1, -0.05) is 47.6 Å². The first-order valence-electron chi connectivity index (χ1n) is 16.9. The number of rotatable bonds is 19. The summed E-state index contributed by atoms with van der Waals surface area (Å²) in [6.07, 6.45) is -0.0921. The number of aliphatic hydroxyl groups excluding tert-OH is 1. The molecule has 5 atom stereocenters. The molecule has 1 rings (SSSR count). The number of hydrogen-bond acceptors (Lipinski definition) is 9. The van der Waals surface area contributed by atoms with Gasteiger partial charge in [-0.2, -0.15) is 11.8 Å². The first kappa shape index (κ1) is 44.2. The summed E-state index contributed by atoms with van der Waals surface area (Å²) in [6, 6.07) is 1.85. The average Bonchev–Trinajstić information content (AvgIpc) is 2.98. The summed E-state index contributed by atoms with van der Waals surface area (Å²) < 4.78 is 5.31. The molecule has 0 aliphatic heterocycles. The largest absolute Gasteiger partial charge is 0.478 e. The van der Waals surface area contributed by atoms with Gasteiger partial charge in [-0.05, 0) is 81.6 Å². The molecule has 14 nitrogen and oxygen atoms in total. The predicted molar refractivity (Wildman–Crippen MR) is 194 cm³/mol. The Morgan fingerprint density at radius 3 is 1.96 bits per heavy atom. The summed E-state index contributed by atoms with van der Waals surface area (Å²) in [5.74, 6) is -3.61. The SMILES string of the molecule is CSCCC(NC(=O)C(NC(=O)OC(C)(C)C)C(C)C)C(=O)NC(CC(C)C)C(O)CC(=O)NC(C(=O)Nc1cccc(C(=O)O)c1)C(C)C. The molecular weight excluding hydrogens is 666 g/mol. The van der Waals surface area contributed by atoms with Gasteiger partial charge in [0, 0.05) is 5.69 Å². The van der Waals surface area contributed by atoms with E-state index in [1.165, 1.54) is 36.0 Å². The number of nitrogens with one attached hydrogen (secondary N) is 5. The highest BCUT2D eigenvalue weighted by Gasteiger charge is 2.33. The molecule has 0 aliphatic rings. The summed E-state index contributed by atoms with van der Waals surface area (Å²) in [6.45, 7) is 15.9. The zero-order chi connectivity index (χ0) is 38.3. The summed E-state index contributed by atoms with van der Waals surface area (Å²) in [4.78, 5) is 76.9. The second-order valence-electron chi connectivity index (χ2n) is 14.4. The van der Waals surface area contributed by atoms with E-state index in [0.29, 0.717) is 12.2 Å². The van der Waals surface area contributed by atoms with Crippen LogP contribution in [0.2, 0.25) is 0 Å². The Labute approximate surface area is 300 Å². The lowest BCUT2D eigenvalue weighted by atomic mass is 9.96. The molecule has 1 aromatic carbocycles. The van der Waals surface area contributed by atoms with Crippen molar-refractivity contribution in [1.29, 1.82) is 0 Å². The fraction of sp³-hybridized carbons (Fsp3) is 0.657. The number of aromatic carboxylic acids is 1. The maximum atomic E-state index is 13.6. The fourth-order valence-corrected chi connectivity index (χ4v) is 5.36. The first-order chi connectivity index (χ1) is 23.1. The Hall–Kier alpha value is -3.85. The molecule has 0 spiro atoms. The van der Waals surface area contributed by atoms with Gasteiger partial charge in [0.2, 0.25) is 23.6 Å². The van der Waals surface area contributed by atoms with Crippen LogP contribution < -0.4 is 26.6 Å². The monoisotopic (exact) mass is 723 g/mol. The van der Waals surface area contributed by atoms with E-state index in [4.69, 9.17) is 4.74 Å². The van der Waals surface area contributed by atoms with Crippen LogP contribution in [0.4, 0.5) is 10.5 Å². The van der Waals surface area contributed by atoms with Gasteiger partial charge in [-0.3, -0.25) is 19.2 Å². The van der Waals surface area contributed by atoms with Crippen molar-refractivity contribution in [3.05, 3.63) is 29.8 Å². The van der Waals surface area contributed by atoms with Crippen LogP contribution in [0.15, 0.2) is 24.3 Å². The molecule has 15 heteroatoms. The molecule has 0 heterocycles. The van der Waals surface area contributed by atoms with Crippen molar-refractivity contribution in [3.8, 4) is 0 Å². The lowest BCUT2D eigenvalue weighted by Crippen LogP contribution is -2.58. The highest BCUT2D eigenvalue weighted by Crippen LogP contribution is 2.16. The van der Waals surface area contributed by atoms with Crippen LogP contribution in [0.3, 0.4) is 0 Å². The van der Waals surface area contributed by atoms with Crippen LogP contribution >= 0.6 is 11.8 Å². The molecule has 7 N–H and O–H groups in total. The lowest BCUT2D eigenvalue weighted by molar-refractivity contribution is -0.132. The van der Waals surface area contributed by atoms with Gasteiger partial charge in [0.15, 0.2) is 0 Å². The van der Waals surface area contributed by atoms with Gasteiger partial charge in [0.25, 0.3) is 0 Å². The highest BCUT2D eigenvalue weighted by atomic mass is 32.2. The normalized spacial score (nSPS) is 14.6. The number of carbonyl (C=O) groups excluding carboxylic acids is 5. The summed E-state index contributed by atoms with van der Waals surface area (Å²) >= 11 is 1.48. The van der Waals surface area contributed by atoms with Crippen molar-refractivity contribution >= 4 is 53.1 Å². The molecule has 5 unspecified atom stereocenters. The van der Waals surface area contributed by atoms with Crippen molar-refractivity contribution in [2.45, 2.75) is 117 Å². The van der Waals surface area contributed by atoms with E-state index in [2.05, 4.69) is 26.6 Å². The molecule has 0 aromatic heterocycles. The number of hydrogen-bond donors (Lipinski definition) is 7. The van der Waals surface area contributed by atoms with E-state index in [1.807, 2.05) is 20.1 Å². The van der Waals surface area contributed by atoms with Crippen molar-refractivity contribution in [2.75, 3.05) is 17.3 Å². The zero-order valence-electron chi connectivity index (χ0n) is 30.9. The minimum absolute atomic E-state index is 0.0105. The smallest absolute Gasteiger partial charge is 0.408 e. The second kappa shape index (κ2) is 20.7. The number of alkyl carbamates (subject to hydrolysis) is 1. The molecule has 0 bridgehead atoms. The average molecular weight is 724 g/mol. The van der Waals surface area contributed by atoms with Crippen molar-refractivity contribution < 1.29 is 43.7 Å². The number of carbonyl (C=O) groups is 6. The second-order valence-corrected chi connectivity index (χ2v) is 15.4. The molecule has 0 fully saturated rings. The zero-order valence-corrected chi connectivity index (χ0v) is 31.7. The summed E-state index contributed by atoms with van der Waals surface area (Å²) in [7, 11) is 0. The molecule has 0 aliphatic carbocycles. The first-order valence-corrected chi connectivity index (χ1v) is 18.2. The molecular formula is C35H57N5O9S. The van der Waals surface area contributed by atoms with Gasteiger partial charge in [-0.15, -0.1) is 0 Å². The highest BCUT2D eigenvalue weighted by molar-refractivity contribution is 7.98. The topological polar surface area (TPSA) is 212 Å². The minimum Gasteiger partial charge on any atom is -0.478 e. The van der Waals surface area contributed by atoms with E-state index in [-0.39, 0.29) is 35.4 Å². The lowest BCUT2D eigenvalue weighted by Gasteiger charge is -2.30. The maximum absolute atomic E-state index is 13.6. The summed E-state index contributed by atoms with van der Waals surface area (Å²) in [5.41, 5.74) is -0.538. The Morgan fingerprint density at radius 2 is 1.44 bits per heavy atom. The van der Waals surface area contributed by atoms with Crippen molar-refractivity contribution in [3.63, 3.8) is 0 Å². The number of benzene rings is 1. The summed E-state index contributed by atoms with van der Waals surface area (Å²) in [5, 5.41) is 33.9. The van der Waals surface area contributed by atoms with Gasteiger partial charge in [0.1, 0.15) is 23.7 Å². The van der Waals surface area contributed by atoms with Crippen LogP contribution in [0, 0.1) is 17.8 Å². The molecule has 1 aromatic rings. The molecule has 0 radical (unpaired) electrons. The third-order valence-electron chi connectivity index (χ3n) is 7.42. The number of anilines is 1. The van der Waals surface area contributed by atoms with Crippen molar-refractivity contribution in [2.24, 2.45) is 17.8 Å². The van der Waals surface area contributed by atoms with E-state index >= 15 is 0 Å². The molecule has 5 amide bonds. The van der Waals surface area contributed by atoms with Gasteiger partial charge < -0.3 is 41.5 Å². The van der Waals surface area contributed by atoms with Gasteiger partial charge in [-0.25, -0.2) is 9.59 Å². The van der Waals surface area contributed by atoms with Crippen LogP contribution in [-0.4, -0.2) is 93.8 Å². The third kappa shape index (κ3) is 16.2. The maximum Gasteiger partial charge on any atom is 0.408 e. The Balaban J connectivity index is 3.07. The van der Waals surface area contributed by atoms with Crippen LogP contribution in [0.1, 0.15) is 91.9 Å². The Bertz CT molecular complexity index is 1320. The van der Waals surface area contributed by atoms with E-state index in [0.717, 1.165) is 0 Å². The molecule has 0 saturated carbocycles. The number of ether oxygens (including phenoxy) is 1. The fourth-order valence-electron chi connectivity index (χ4n) is 4.89. The molecule has 0 saturated heterocycles. The van der Waals surface area contributed by atoms with E-state index in [9.17, 15) is 39.0 Å². The number of carboxylic acid groups (broad SMARTS) is 1. The van der Waals surface area contributed by atoms with Crippen molar-refractivity contribution in [1.82, 2.24) is 21.3 Å².